The molecule has 0 saturated heterocycles. The largest absolute Gasteiger partial charge is 0.469 e. The van der Waals surface area contributed by atoms with Crippen LogP contribution in [-0.4, -0.2) is 21.9 Å². The fourth-order valence-corrected chi connectivity index (χ4v) is 1.13. The van der Waals surface area contributed by atoms with Crippen molar-refractivity contribution >= 4 is 0 Å². The molecular weight excluding hydrogens is 184 g/mol. The highest BCUT2D eigenvalue weighted by Crippen LogP contribution is 2.07. The van der Waals surface area contributed by atoms with Crippen LogP contribution in [0.3, 0.4) is 0 Å². The number of hydrogen-bond acceptors (Lipinski definition) is 5. The minimum absolute atomic E-state index is 0.0275. The van der Waals surface area contributed by atoms with Gasteiger partial charge in [-0.15, -0.1) is 0 Å². The Bertz CT molecular complexity index is 380. The average molecular weight is 194 g/mol. The van der Waals surface area contributed by atoms with E-state index >= 15 is 0 Å². The van der Waals surface area contributed by atoms with Crippen LogP contribution in [0.25, 0.3) is 0 Å². The molecule has 0 aliphatic carbocycles. The van der Waals surface area contributed by atoms with Crippen molar-refractivity contribution in [3.63, 3.8) is 0 Å². The van der Waals surface area contributed by atoms with E-state index in [0.29, 0.717) is 24.6 Å². The van der Waals surface area contributed by atoms with Crippen molar-refractivity contribution < 1.29 is 14.0 Å². The third-order valence-corrected chi connectivity index (χ3v) is 1.75. The van der Waals surface area contributed by atoms with Gasteiger partial charge < -0.3 is 14.0 Å². The summed E-state index contributed by atoms with van der Waals surface area (Å²) in [5.74, 6) is 1.81. The summed E-state index contributed by atoms with van der Waals surface area (Å²) in [6.45, 7) is 0.0275. The highest BCUT2D eigenvalue weighted by molar-refractivity contribution is 5.04. The first-order valence-corrected chi connectivity index (χ1v) is 4.33. The van der Waals surface area contributed by atoms with E-state index in [-0.39, 0.29) is 6.61 Å². The molecular formula is C9H10N2O3. The summed E-state index contributed by atoms with van der Waals surface area (Å²) in [6.07, 6.45) is 2.51. The molecule has 0 aliphatic heterocycles. The molecule has 0 bridgehead atoms. The molecule has 5 heteroatoms. The summed E-state index contributed by atoms with van der Waals surface area (Å²) in [5, 5.41) is 12.3. The average Bonchev–Trinajstić information content (AvgIpc) is 2.79. The van der Waals surface area contributed by atoms with Crippen molar-refractivity contribution in [3.05, 3.63) is 35.9 Å². The molecule has 2 aromatic rings. The molecule has 0 unspecified atom stereocenters. The van der Waals surface area contributed by atoms with Crippen LogP contribution < -0.4 is 0 Å². The standard InChI is InChI=1S/C9H10N2O3/c12-4-3-8-10-9(14-11-8)6-7-2-1-5-13-7/h1-2,5,12H,3-4,6H2. The van der Waals surface area contributed by atoms with Gasteiger partial charge in [0.2, 0.25) is 5.89 Å². The predicted molar refractivity (Wildman–Crippen MR) is 46.6 cm³/mol. The fourth-order valence-electron chi connectivity index (χ4n) is 1.13. The summed E-state index contributed by atoms with van der Waals surface area (Å²) < 4.78 is 10.1. The Balaban J connectivity index is 2.03. The first-order valence-electron chi connectivity index (χ1n) is 4.33. The summed E-state index contributed by atoms with van der Waals surface area (Å²) in [5.41, 5.74) is 0. The van der Waals surface area contributed by atoms with E-state index in [4.69, 9.17) is 14.0 Å². The van der Waals surface area contributed by atoms with E-state index < -0.39 is 0 Å². The zero-order valence-electron chi connectivity index (χ0n) is 7.51. The molecule has 74 valence electrons. The van der Waals surface area contributed by atoms with Crippen molar-refractivity contribution in [1.82, 2.24) is 10.1 Å². The van der Waals surface area contributed by atoms with Crippen LogP contribution in [0.5, 0.6) is 0 Å². The number of nitrogens with zero attached hydrogens (tertiary/aromatic N) is 2. The first kappa shape index (κ1) is 8.96. The van der Waals surface area contributed by atoms with Gasteiger partial charge in [-0.25, -0.2) is 0 Å². The fraction of sp³-hybridized carbons (Fsp3) is 0.333. The summed E-state index contributed by atoms with van der Waals surface area (Å²) in [6, 6.07) is 3.65. The lowest BCUT2D eigenvalue weighted by molar-refractivity contribution is 0.292. The quantitative estimate of drug-likeness (QED) is 0.778. The lowest BCUT2D eigenvalue weighted by Gasteiger charge is -1.87. The molecule has 2 rings (SSSR count). The maximum Gasteiger partial charge on any atom is 0.234 e. The van der Waals surface area contributed by atoms with Gasteiger partial charge in [-0.05, 0) is 12.1 Å². The molecule has 1 N–H and O–H groups in total. The first-order chi connectivity index (χ1) is 6.88. The number of aliphatic hydroxyl groups is 1. The zero-order valence-corrected chi connectivity index (χ0v) is 7.51. The molecule has 0 saturated carbocycles. The maximum absolute atomic E-state index is 8.65. The van der Waals surface area contributed by atoms with Crippen LogP contribution in [0.4, 0.5) is 0 Å². The number of aromatic nitrogens is 2. The second-order valence-corrected chi connectivity index (χ2v) is 2.83. The van der Waals surface area contributed by atoms with E-state index in [2.05, 4.69) is 10.1 Å². The van der Waals surface area contributed by atoms with Crippen LogP contribution in [-0.2, 0) is 12.8 Å². The maximum atomic E-state index is 8.65. The van der Waals surface area contributed by atoms with Crippen molar-refractivity contribution in [2.45, 2.75) is 12.8 Å². The molecule has 14 heavy (non-hydrogen) atoms. The second kappa shape index (κ2) is 4.06. The minimum atomic E-state index is 0.0275. The van der Waals surface area contributed by atoms with Crippen molar-refractivity contribution in [3.8, 4) is 0 Å². The predicted octanol–water partition coefficient (Wildman–Crippen LogP) is 0.788. The molecule has 2 aromatic heterocycles. The van der Waals surface area contributed by atoms with Gasteiger partial charge in [0.05, 0.1) is 19.3 Å². The Morgan fingerprint density at radius 1 is 1.43 bits per heavy atom. The van der Waals surface area contributed by atoms with Crippen LogP contribution in [0, 0.1) is 0 Å². The van der Waals surface area contributed by atoms with Gasteiger partial charge in [0.25, 0.3) is 0 Å². The molecule has 2 heterocycles. The van der Waals surface area contributed by atoms with Crippen LogP contribution in [0.1, 0.15) is 17.5 Å². The van der Waals surface area contributed by atoms with E-state index in [0.717, 1.165) is 5.76 Å². The minimum Gasteiger partial charge on any atom is -0.469 e. The van der Waals surface area contributed by atoms with E-state index in [1.807, 2.05) is 6.07 Å². The Kier molecular flexibility index (Phi) is 2.60. The monoisotopic (exact) mass is 194 g/mol. The number of hydrogen-bond donors (Lipinski definition) is 1. The van der Waals surface area contributed by atoms with E-state index in [1.54, 1.807) is 12.3 Å². The molecule has 0 amide bonds. The summed E-state index contributed by atoms with van der Waals surface area (Å²) >= 11 is 0. The van der Waals surface area contributed by atoms with E-state index in [9.17, 15) is 0 Å². The van der Waals surface area contributed by atoms with Gasteiger partial charge in [0, 0.05) is 6.42 Å². The highest BCUT2D eigenvalue weighted by atomic mass is 16.5. The SMILES string of the molecule is OCCc1noc(Cc2ccco2)n1. The third-order valence-electron chi connectivity index (χ3n) is 1.75. The molecule has 0 radical (unpaired) electrons. The molecule has 0 aliphatic rings. The number of rotatable bonds is 4. The normalized spacial score (nSPS) is 10.6. The molecule has 0 spiro atoms. The lowest BCUT2D eigenvalue weighted by atomic mass is 10.3. The summed E-state index contributed by atoms with van der Waals surface area (Å²) in [4.78, 5) is 4.08. The molecule has 0 fully saturated rings. The van der Waals surface area contributed by atoms with Crippen molar-refractivity contribution in [2.75, 3.05) is 6.61 Å². The number of furan rings is 1. The highest BCUT2D eigenvalue weighted by Gasteiger charge is 2.07. The Hall–Kier alpha value is -1.62. The zero-order chi connectivity index (χ0) is 9.80. The van der Waals surface area contributed by atoms with Crippen LogP contribution >= 0.6 is 0 Å². The summed E-state index contributed by atoms with van der Waals surface area (Å²) in [7, 11) is 0. The van der Waals surface area contributed by atoms with Gasteiger partial charge in [0.15, 0.2) is 5.82 Å². The van der Waals surface area contributed by atoms with Gasteiger partial charge in [0.1, 0.15) is 5.76 Å². The van der Waals surface area contributed by atoms with Crippen LogP contribution in [0.15, 0.2) is 27.3 Å². The molecule has 0 atom stereocenters. The molecule has 0 aromatic carbocycles. The van der Waals surface area contributed by atoms with Crippen molar-refractivity contribution in [1.29, 1.82) is 0 Å². The Morgan fingerprint density at radius 3 is 3.07 bits per heavy atom. The number of aliphatic hydroxyl groups excluding tert-OH is 1. The van der Waals surface area contributed by atoms with Gasteiger partial charge in [-0.2, -0.15) is 4.98 Å². The third kappa shape index (κ3) is 2.00. The van der Waals surface area contributed by atoms with Gasteiger partial charge in [-0.1, -0.05) is 5.16 Å². The Labute approximate surface area is 80.4 Å². The van der Waals surface area contributed by atoms with E-state index in [1.165, 1.54) is 0 Å². The Morgan fingerprint density at radius 2 is 2.36 bits per heavy atom. The molecule has 5 nitrogen and oxygen atoms in total. The van der Waals surface area contributed by atoms with Crippen LogP contribution in [0.2, 0.25) is 0 Å². The topological polar surface area (TPSA) is 72.3 Å². The van der Waals surface area contributed by atoms with Gasteiger partial charge >= 0.3 is 0 Å². The smallest absolute Gasteiger partial charge is 0.234 e. The van der Waals surface area contributed by atoms with Crippen molar-refractivity contribution in [2.24, 2.45) is 0 Å². The second-order valence-electron chi connectivity index (χ2n) is 2.83. The lowest BCUT2D eigenvalue weighted by Crippen LogP contribution is -1.93. The van der Waals surface area contributed by atoms with Gasteiger partial charge in [-0.3, -0.25) is 0 Å².